The highest BCUT2D eigenvalue weighted by Gasteiger charge is 2.35. The van der Waals surface area contributed by atoms with Gasteiger partial charge in [-0.15, -0.1) is 0 Å². The van der Waals surface area contributed by atoms with Crippen molar-refractivity contribution < 1.29 is 9.90 Å². The first-order chi connectivity index (χ1) is 11.2. The van der Waals surface area contributed by atoms with E-state index in [1.54, 1.807) is 0 Å². The van der Waals surface area contributed by atoms with Crippen LogP contribution < -0.4 is 0 Å². The maximum Gasteiger partial charge on any atom is 0.244 e. The quantitative estimate of drug-likeness (QED) is 0.893. The van der Waals surface area contributed by atoms with Crippen molar-refractivity contribution in [1.29, 1.82) is 0 Å². The van der Waals surface area contributed by atoms with E-state index >= 15 is 0 Å². The number of hydrogen-bond acceptors (Lipinski definition) is 4. The summed E-state index contributed by atoms with van der Waals surface area (Å²) in [7, 11) is 2.13. The van der Waals surface area contributed by atoms with Crippen molar-refractivity contribution in [1.82, 2.24) is 14.7 Å². The maximum absolute atomic E-state index is 13.2. The largest absolute Gasteiger partial charge is 0.396 e. The highest BCUT2D eigenvalue weighted by molar-refractivity contribution is 5.83. The zero-order valence-corrected chi connectivity index (χ0v) is 13.9. The summed E-state index contributed by atoms with van der Waals surface area (Å²) in [6, 6.07) is 9.92. The second kappa shape index (κ2) is 7.43. The third-order valence-corrected chi connectivity index (χ3v) is 5.11. The number of aliphatic hydroxyl groups is 1. The van der Waals surface area contributed by atoms with E-state index in [0.29, 0.717) is 6.54 Å². The average molecular weight is 317 g/mol. The van der Waals surface area contributed by atoms with Gasteiger partial charge in [0.25, 0.3) is 0 Å². The summed E-state index contributed by atoms with van der Waals surface area (Å²) in [6.45, 7) is 5.45. The molecule has 2 heterocycles. The number of carbonyl (C=O) groups excluding carboxylic acids is 1. The summed E-state index contributed by atoms with van der Waals surface area (Å²) in [5, 5.41) is 9.35. The van der Waals surface area contributed by atoms with Crippen LogP contribution in [0.25, 0.3) is 0 Å². The molecular formula is C18H27N3O2. The lowest BCUT2D eigenvalue weighted by Crippen LogP contribution is -2.50. The lowest BCUT2D eigenvalue weighted by Gasteiger charge is -2.38. The van der Waals surface area contributed by atoms with Gasteiger partial charge in [0, 0.05) is 51.8 Å². The number of carbonyl (C=O) groups is 1. The highest BCUT2D eigenvalue weighted by Crippen LogP contribution is 2.27. The standard InChI is InChI=1S/C18H27N3O2/c1-19-9-11-20(12-10-19)17(16-5-3-2-4-6-16)18(23)21-8-7-15(13-21)14-22/h2-6,15,17,22H,7-14H2,1H3. The van der Waals surface area contributed by atoms with Crippen LogP contribution in [0.5, 0.6) is 0 Å². The molecule has 2 saturated heterocycles. The van der Waals surface area contributed by atoms with Crippen molar-refractivity contribution in [3.63, 3.8) is 0 Å². The molecule has 3 rings (SSSR count). The fourth-order valence-electron chi connectivity index (χ4n) is 3.58. The van der Waals surface area contributed by atoms with Gasteiger partial charge in [0.2, 0.25) is 5.91 Å². The second-order valence-corrected chi connectivity index (χ2v) is 6.77. The highest BCUT2D eigenvalue weighted by atomic mass is 16.3. The van der Waals surface area contributed by atoms with Gasteiger partial charge in [0.15, 0.2) is 0 Å². The van der Waals surface area contributed by atoms with E-state index in [-0.39, 0.29) is 24.5 Å². The second-order valence-electron chi connectivity index (χ2n) is 6.77. The van der Waals surface area contributed by atoms with Crippen molar-refractivity contribution in [2.45, 2.75) is 12.5 Å². The average Bonchev–Trinajstić information content (AvgIpc) is 3.07. The normalized spacial score (nSPS) is 24.8. The molecule has 0 spiro atoms. The van der Waals surface area contributed by atoms with E-state index in [1.165, 1.54) is 0 Å². The molecule has 0 bridgehead atoms. The molecule has 0 saturated carbocycles. The number of rotatable bonds is 4. The zero-order chi connectivity index (χ0) is 16.2. The molecule has 5 heteroatoms. The molecule has 0 radical (unpaired) electrons. The number of piperazine rings is 1. The van der Waals surface area contributed by atoms with E-state index in [4.69, 9.17) is 0 Å². The maximum atomic E-state index is 13.2. The minimum Gasteiger partial charge on any atom is -0.396 e. The van der Waals surface area contributed by atoms with Gasteiger partial charge in [-0.1, -0.05) is 30.3 Å². The fourth-order valence-corrected chi connectivity index (χ4v) is 3.58. The molecule has 1 aromatic rings. The van der Waals surface area contributed by atoms with Gasteiger partial charge in [-0.3, -0.25) is 9.69 Å². The number of hydrogen-bond donors (Lipinski definition) is 1. The summed E-state index contributed by atoms with van der Waals surface area (Å²) in [4.78, 5) is 19.7. The van der Waals surface area contributed by atoms with E-state index in [0.717, 1.165) is 44.7 Å². The van der Waals surface area contributed by atoms with Crippen LogP contribution in [0.2, 0.25) is 0 Å². The van der Waals surface area contributed by atoms with Crippen LogP contribution in [0.15, 0.2) is 30.3 Å². The molecule has 2 atom stereocenters. The summed E-state index contributed by atoms with van der Waals surface area (Å²) in [5.74, 6) is 0.430. The van der Waals surface area contributed by atoms with Crippen LogP contribution in [-0.4, -0.2) is 78.6 Å². The minimum atomic E-state index is -0.192. The molecule has 2 unspecified atom stereocenters. The molecule has 2 aliphatic rings. The molecule has 0 aliphatic carbocycles. The van der Waals surface area contributed by atoms with Gasteiger partial charge in [0.05, 0.1) is 0 Å². The fraction of sp³-hybridized carbons (Fsp3) is 0.611. The van der Waals surface area contributed by atoms with Gasteiger partial charge in [-0.2, -0.15) is 0 Å². The summed E-state index contributed by atoms with van der Waals surface area (Å²) < 4.78 is 0. The molecule has 126 valence electrons. The van der Waals surface area contributed by atoms with E-state index in [1.807, 2.05) is 23.1 Å². The van der Waals surface area contributed by atoms with Gasteiger partial charge in [0.1, 0.15) is 6.04 Å². The SMILES string of the molecule is CN1CCN(C(C(=O)N2CCC(CO)C2)c2ccccc2)CC1. The predicted molar refractivity (Wildman–Crippen MR) is 90.0 cm³/mol. The minimum absolute atomic E-state index is 0.175. The van der Waals surface area contributed by atoms with Crippen molar-refractivity contribution in [3.8, 4) is 0 Å². The lowest BCUT2D eigenvalue weighted by molar-refractivity contribution is -0.137. The van der Waals surface area contributed by atoms with Crippen molar-refractivity contribution >= 4 is 5.91 Å². The van der Waals surface area contributed by atoms with Crippen LogP contribution in [0, 0.1) is 5.92 Å². The lowest BCUT2D eigenvalue weighted by atomic mass is 10.0. The van der Waals surface area contributed by atoms with Crippen LogP contribution in [0.1, 0.15) is 18.0 Å². The van der Waals surface area contributed by atoms with E-state index < -0.39 is 0 Å². The first kappa shape index (κ1) is 16.4. The third-order valence-electron chi connectivity index (χ3n) is 5.11. The molecule has 2 aliphatic heterocycles. The molecule has 5 nitrogen and oxygen atoms in total. The number of likely N-dealkylation sites (tertiary alicyclic amines) is 1. The number of nitrogens with zero attached hydrogens (tertiary/aromatic N) is 3. The number of aliphatic hydroxyl groups excluding tert-OH is 1. The molecule has 1 N–H and O–H groups in total. The number of benzene rings is 1. The Morgan fingerprint density at radius 2 is 1.87 bits per heavy atom. The summed E-state index contributed by atoms with van der Waals surface area (Å²) in [5.41, 5.74) is 1.08. The molecule has 1 aromatic carbocycles. The Labute approximate surface area is 138 Å². The van der Waals surface area contributed by atoms with Gasteiger partial charge in [-0.25, -0.2) is 0 Å². The monoisotopic (exact) mass is 317 g/mol. The summed E-state index contributed by atoms with van der Waals surface area (Å²) in [6.07, 6.45) is 0.909. The molecular weight excluding hydrogens is 290 g/mol. The molecule has 0 aromatic heterocycles. The van der Waals surface area contributed by atoms with Gasteiger partial charge < -0.3 is 14.9 Å². The number of likely N-dealkylation sites (N-methyl/N-ethyl adjacent to an activating group) is 1. The first-order valence-corrected chi connectivity index (χ1v) is 8.56. The predicted octanol–water partition coefficient (Wildman–Crippen LogP) is 0.816. The first-order valence-electron chi connectivity index (χ1n) is 8.56. The smallest absolute Gasteiger partial charge is 0.244 e. The summed E-state index contributed by atoms with van der Waals surface area (Å²) >= 11 is 0. The molecule has 2 fully saturated rings. The third kappa shape index (κ3) is 3.74. The number of amides is 1. The molecule has 1 amide bonds. The zero-order valence-electron chi connectivity index (χ0n) is 13.9. The van der Waals surface area contributed by atoms with Crippen LogP contribution >= 0.6 is 0 Å². The van der Waals surface area contributed by atoms with E-state index in [2.05, 4.69) is 29.0 Å². The van der Waals surface area contributed by atoms with Crippen molar-refractivity contribution in [2.75, 3.05) is 52.9 Å². The Balaban J connectivity index is 1.79. The van der Waals surface area contributed by atoms with Crippen LogP contribution in [-0.2, 0) is 4.79 Å². The van der Waals surface area contributed by atoms with Crippen LogP contribution in [0.4, 0.5) is 0 Å². The van der Waals surface area contributed by atoms with Gasteiger partial charge >= 0.3 is 0 Å². The topological polar surface area (TPSA) is 47.0 Å². The van der Waals surface area contributed by atoms with Gasteiger partial charge in [-0.05, 0) is 19.0 Å². The van der Waals surface area contributed by atoms with Crippen molar-refractivity contribution in [2.24, 2.45) is 5.92 Å². The Hall–Kier alpha value is -1.43. The van der Waals surface area contributed by atoms with Crippen molar-refractivity contribution in [3.05, 3.63) is 35.9 Å². The molecule has 23 heavy (non-hydrogen) atoms. The Bertz CT molecular complexity index is 514. The Morgan fingerprint density at radius 3 is 2.48 bits per heavy atom. The Kier molecular flexibility index (Phi) is 5.30. The van der Waals surface area contributed by atoms with Crippen LogP contribution in [0.3, 0.4) is 0 Å². The Morgan fingerprint density at radius 1 is 1.17 bits per heavy atom. The van der Waals surface area contributed by atoms with E-state index in [9.17, 15) is 9.90 Å².